The van der Waals surface area contributed by atoms with Crippen molar-refractivity contribution in [2.45, 2.75) is 0 Å². The summed E-state index contributed by atoms with van der Waals surface area (Å²) < 4.78 is 0. The van der Waals surface area contributed by atoms with Crippen LogP contribution in [-0.2, 0) is 0 Å². The van der Waals surface area contributed by atoms with E-state index in [1.54, 1.807) is 0 Å². The molecule has 2 aromatic rings. The molecule has 1 aliphatic heterocycles. The summed E-state index contributed by atoms with van der Waals surface area (Å²) in [5.41, 5.74) is 4.04. The molecule has 1 heterocycles. The first kappa shape index (κ1) is 17.5. The van der Waals surface area contributed by atoms with E-state index < -0.39 is 38.9 Å². The highest BCUT2D eigenvalue weighted by Crippen LogP contribution is 2.28. The van der Waals surface area contributed by atoms with Crippen LogP contribution in [0.25, 0.3) is 0 Å². The molecule has 0 atom stereocenters. The molecular formula is C15H9N5O7. The van der Waals surface area contributed by atoms with E-state index in [9.17, 15) is 34.6 Å². The van der Waals surface area contributed by atoms with Crippen molar-refractivity contribution in [3.63, 3.8) is 0 Å². The minimum atomic E-state index is -0.897. The highest BCUT2D eigenvalue weighted by Gasteiger charge is 2.30. The van der Waals surface area contributed by atoms with Crippen molar-refractivity contribution in [3.05, 3.63) is 67.3 Å². The molecule has 0 fully saturated rings. The predicted molar refractivity (Wildman–Crippen MR) is 90.4 cm³/mol. The van der Waals surface area contributed by atoms with E-state index >= 15 is 0 Å². The third-order valence-corrected chi connectivity index (χ3v) is 3.71. The minimum absolute atomic E-state index is 0.0241. The van der Waals surface area contributed by atoms with Gasteiger partial charge in [0.1, 0.15) is 0 Å². The Morgan fingerprint density at radius 1 is 0.963 bits per heavy atom. The van der Waals surface area contributed by atoms with Crippen LogP contribution in [0.1, 0.15) is 31.1 Å². The van der Waals surface area contributed by atoms with Gasteiger partial charge in [-0.2, -0.15) is 0 Å². The third-order valence-electron chi connectivity index (χ3n) is 3.71. The molecule has 0 saturated carbocycles. The Morgan fingerprint density at radius 3 is 2.11 bits per heavy atom. The Morgan fingerprint density at radius 2 is 1.56 bits per heavy atom. The number of nitrogens with two attached hydrogens (primary N) is 1. The monoisotopic (exact) mass is 371 g/mol. The Kier molecular flexibility index (Phi) is 4.00. The van der Waals surface area contributed by atoms with Crippen LogP contribution in [0.4, 0.5) is 22.7 Å². The molecule has 0 aliphatic carbocycles. The van der Waals surface area contributed by atoms with Crippen molar-refractivity contribution in [3.8, 4) is 0 Å². The van der Waals surface area contributed by atoms with Gasteiger partial charge >= 0.3 is 0 Å². The van der Waals surface area contributed by atoms with E-state index in [-0.39, 0.29) is 28.1 Å². The highest BCUT2D eigenvalue weighted by atomic mass is 16.6. The van der Waals surface area contributed by atoms with Gasteiger partial charge in [-0.15, -0.1) is 0 Å². The Hall–Kier alpha value is -4.35. The van der Waals surface area contributed by atoms with Gasteiger partial charge in [-0.25, -0.2) is 0 Å². The number of carbonyl (C=O) groups excluding carboxylic acids is 3. The molecular weight excluding hydrogens is 362 g/mol. The molecule has 0 radical (unpaired) electrons. The summed E-state index contributed by atoms with van der Waals surface area (Å²) in [4.78, 5) is 55.8. The molecule has 4 N–H and O–H groups in total. The molecule has 12 heteroatoms. The number of benzene rings is 2. The van der Waals surface area contributed by atoms with Crippen molar-refractivity contribution >= 4 is 40.5 Å². The number of fused-ring (bicyclic) bond motifs is 1. The Balaban J connectivity index is 1.97. The number of hydrogen-bond acceptors (Lipinski definition) is 8. The first-order chi connectivity index (χ1) is 12.7. The second-order valence-electron chi connectivity index (χ2n) is 5.48. The minimum Gasteiger partial charge on any atom is -0.398 e. The summed E-state index contributed by atoms with van der Waals surface area (Å²) in [5.74, 6) is -2.26. The van der Waals surface area contributed by atoms with E-state index in [4.69, 9.17) is 5.73 Å². The lowest BCUT2D eigenvalue weighted by atomic mass is 10.1. The second kappa shape index (κ2) is 6.18. The summed E-state index contributed by atoms with van der Waals surface area (Å²) in [5, 5.41) is 26.2. The molecule has 2 aromatic carbocycles. The van der Waals surface area contributed by atoms with E-state index in [1.165, 1.54) is 12.1 Å². The van der Waals surface area contributed by atoms with Gasteiger partial charge in [0.05, 0.1) is 32.6 Å². The second-order valence-corrected chi connectivity index (χ2v) is 5.48. The van der Waals surface area contributed by atoms with Crippen LogP contribution in [0.15, 0.2) is 30.3 Å². The maximum atomic E-state index is 12.4. The smallest absolute Gasteiger partial charge is 0.277 e. The van der Waals surface area contributed by atoms with Gasteiger partial charge in [0, 0.05) is 23.5 Å². The molecule has 12 nitrogen and oxygen atoms in total. The molecule has 0 aromatic heterocycles. The number of amides is 3. The summed E-state index contributed by atoms with van der Waals surface area (Å²) in [6, 6.07) is 4.89. The normalized spacial score (nSPS) is 12.3. The molecule has 136 valence electrons. The van der Waals surface area contributed by atoms with Gasteiger partial charge in [-0.3, -0.25) is 39.9 Å². The van der Waals surface area contributed by atoms with Crippen molar-refractivity contribution in [2.24, 2.45) is 0 Å². The standard InChI is InChI=1S/C15H9N5O7/c16-11-4-7(3-10-12(11)15(23)18-14(10)22)17-13(21)6-1-8(19(24)25)5-9(2-6)20(26)27/h1-5H,16H2,(H,17,21)(H,18,22,23). The lowest BCUT2D eigenvalue weighted by molar-refractivity contribution is -0.394. The van der Waals surface area contributed by atoms with Crippen LogP contribution in [-0.4, -0.2) is 27.6 Å². The lowest BCUT2D eigenvalue weighted by Gasteiger charge is -2.08. The fraction of sp³-hybridized carbons (Fsp3) is 0. The lowest BCUT2D eigenvalue weighted by Crippen LogP contribution is -2.20. The van der Waals surface area contributed by atoms with Crippen molar-refractivity contribution < 1.29 is 24.2 Å². The maximum absolute atomic E-state index is 12.4. The van der Waals surface area contributed by atoms with E-state index in [2.05, 4.69) is 10.6 Å². The number of nitrogen functional groups attached to an aromatic ring is 1. The molecule has 27 heavy (non-hydrogen) atoms. The van der Waals surface area contributed by atoms with Gasteiger partial charge in [0.25, 0.3) is 29.1 Å². The third kappa shape index (κ3) is 3.13. The van der Waals surface area contributed by atoms with Crippen LogP contribution < -0.4 is 16.4 Å². The van der Waals surface area contributed by atoms with Gasteiger partial charge < -0.3 is 11.1 Å². The van der Waals surface area contributed by atoms with E-state index in [0.717, 1.165) is 18.2 Å². The van der Waals surface area contributed by atoms with E-state index in [0.29, 0.717) is 0 Å². The Labute approximate surface area is 149 Å². The zero-order valence-corrected chi connectivity index (χ0v) is 13.2. The van der Waals surface area contributed by atoms with Crippen LogP contribution in [0.5, 0.6) is 0 Å². The van der Waals surface area contributed by atoms with Crippen LogP contribution in [0, 0.1) is 20.2 Å². The number of nitrogens with zero attached hydrogens (tertiary/aromatic N) is 2. The number of anilines is 2. The first-order valence-electron chi connectivity index (χ1n) is 7.22. The molecule has 0 bridgehead atoms. The van der Waals surface area contributed by atoms with Gasteiger partial charge in [-0.1, -0.05) is 0 Å². The number of nitro benzene ring substituents is 2. The van der Waals surface area contributed by atoms with Gasteiger partial charge in [-0.05, 0) is 12.1 Å². The van der Waals surface area contributed by atoms with Crippen LogP contribution in [0.2, 0.25) is 0 Å². The maximum Gasteiger partial charge on any atom is 0.277 e. The average Bonchev–Trinajstić information content (AvgIpc) is 2.88. The Bertz CT molecular complexity index is 1030. The van der Waals surface area contributed by atoms with Crippen LogP contribution >= 0.6 is 0 Å². The quantitative estimate of drug-likeness (QED) is 0.309. The molecule has 0 unspecified atom stereocenters. The zero-order valence-electron chi connectivity index (χ0n) is 13.2. The SMILES string of the molecule is Nc1cc(NC(=O)c2cc([N+](=O)[O-])cc([N+](=O)[O-])c2)cc2c1C(=O)NC2=O. The predicted octanol–water partition coefficient (Wildman–Crippen LogP) is 1.22. The molecule has 0 saturated heterocycles. The zero-order chi connectivity index (χ0) is 19.9. The molecule has 3 amide bonds. The number of rotatable bonds is 4. The van der Waals surface area contributed by atoms with Crippen molar-refractivity contribution in [1.82, 2.24) is 5.32 Å². The summed E-state index contributed by atoms with van der Waals surface area (Å²) in [6.45, 7) is 0. The fourth-order valence-electron chi connectivity index (χ4n) is 2.54. The summed E-state index contributed by atoms with van der Waals surface area (Å²) >= 11 is 0. The van der Waals surface area contributed by atoms with Crippen molar-refractivity contribution in [2.75, 3.05) is 11.1 Å². The van der Waals surface area contributed by atoms with Gasteiger partial charge in [0.2, 0.25) is 0 Å². The van der Waals surface area contributed by atoms with E-state index in [1.807, 2.05) is 0 Å². The number of nitrogens with one attached hydrogen (secondary N) is 2. The summed E-state index contributed by atoms with van der Waals surface area (Å²) in [6.07, 6.45) is 0. The van der Waals surface area contributed by atoms with Gasteiger partial charge in [0.15, 0.2) is 0 Å². The number of nitro groups is 2. The number of non-ortho nitro benzene ring substituents is 2. The largest absolute Gasteiger partial charge is 0.398 e. The van der Waals surface area contributed by atoms with Crippen molar-refractivity contribution in [1.29, 1.82) is 0 Å². The number of imide groups is 1. The topological polar surface area (TPSA) is 188 Å². The van der Waals surface area contributed by atoms with Crippen LogP contribution in [0.3, 0.4) is 0 Å². The number of hydrogen-bond donors (Lipinski definition) is 3. The molecule has 1 aliphatic rings. The molecule has 0 spiro atoms. The average molecular weight is 371 g/mol. The fourth-order valence-corrected chi connectivity index (χ4v) is 2.54. The summed E-state index contributed by atoms with van der Waals surface area (Å²) in [7, 11) is 0. The number of carbonyl (C=O) groups is 3. The highest BCUT2D eigenvalue weighted by molar-refractivity contribution is 6.24. The first-order valence-corrected chi connectivity index (χ1v) is 7.22. The molecule has 3 rings (SSSR count).